The first-order valence-electron chi connectivity index (χ1n) is 10.7. The predicted octanol–water partition coefficient (Wildman–Crippen LogP) is 7.80. The van der Waals surface area contributed by atoms with Gasteiger partial charge in [0.1, 0.15) is 5.82 Å². The van der Waals surface area contributed by atoms with Crippen LogP contribution in [0.2, 0.25) is 0 Å². The third-order valence-corrected chi connectivity index (χ3v) is 6.13. The highest BCUT2D eigenvalue weighted by atomic mass is 19.1. The molecule has 1 aromatic heterocycles. The summed E-state index contributed by atoms with van der Waals surface area (Å²) in [4.78, 5) is 3.15. The number of hydrogen-bond acceptors (Lipinski definition) is 1. The van der Waals surface area contributed by atoms with Crippen LogP contribution in [0.5, 0.6) is 0 Å². The maximum Gasteiger partial charge on any atom is 0.223 e. The Morgan fingerprint density at radius 3 is 2.25 bits per heavy atom. The van der Waals surface area contributed by atoms with Gasteiger partial charge in [-0.05, 0) is 61.3 Å². The first-order chi connectivity index (χ1) is 13.6. The van der Waals surface area contributed by atoms with Gasteiger partial charge in [-0.25, -0.2) is 4.39 Å². The maximum absolute atomic E-state index is 14.6. The van der Waals surface area contributed by atoms with Gasteiger partial charge >= 0.3 is 0 Å². The summed E-state index contributed by atoms with van der Waals surface area (Å²) in [5.74, 6) is -1.17. The Morgan fingerprint density at radius 2 is 1.57 bits per heavy atom. The zero-order chi connectivity index (χ0) is 19.9. The lowest BCUT2D eigenvalue weighted by atomic mass is 9.77. The predicted molar refractivity (Wildman–Crippen MR) is 108 cm³/mol. The van der Waals surface area contributed by atoms with Crippen LogP contribution in [0, 0.1) is 23.6 Å². The van der Waals surface area contributed by atoms with E-state index in [1.165, 1.54) is 63.5 Å². The lowest BCUT2D eigenvalue weighted by molar-refractivity contribution is 0.301. The van der Waals surface area contributed by atoms with Gasteiger partial charge in [-0.3, -0.25) is 0 Å². The Kier molecular flexibility index (Phi) is 7.52. The lowest BCUT2D eigenvalue weighted by Gasteiger charge is -2.29. The normalized spacial score (nSPS) is 19.7. The van der Waals surface area contributed by atoms with Crippen molar-refractivity contribution in [2.45, 2.75) is 77.0 Å². The highest BCUT2D eigenvalue weighted by molar-refractivity contribution is 5.64. The number of halogens is 3. The molecule has 152 valence electrons. The SMILES string of the molecule is CCCCCCCC1CCC(c2ccc(-c3ccc(F)nc3F)c(F)c2)CC1. The molecule has 0 unspecified atom stereocenters. The molecule has 1 aliphatic carbocycles. The first kappa shape index (κ1) is 20.9. The molecule has 0 radical (unpaired) electrons. The van der Waals surface area contributed by atoms with Crippen LogP contribution in [0.4, 0.5) is 13.2 Å². The zero-order valence-corrected chi connectivity index (χ0v) is 16.7. The van der Waals surface area contributed by atoms with Gasteiger partial charge in [0.05, 0.1) is 0 Å². The van der Waals surface area contributed by atoms with Crippen LogP contribution in [0.25, 0.3) is 11.1 Å². The van der Waals surface area contributed by atoms with Crippen molar-refractivity contribution in [3.05, 3.63) is 53.6 Å². The molecule has 1 aliphatic rings. The molecule has 0 atom stereocenters. The Labute approximate surface area is 166 Å². The van der Waals surface area contributed by atoms with Crippen molar-refractivity contribution in [3.63, 3.8) is 0 Å². The van der Waals surface area contributed by atoms with Gasteiger partial charge in [0.2, 0.25) is 11.9 Å². The van der Waals surface area contributed by atoms with E-state index < -0.39 is 17.7 Å². The third kappa shape index (κ3) is 5.36. The second-order valence-corrected chi connectivity index (χ2v) is 8.13. The summed E-state index contributed by atoms with van der Waals surface area (Å²) < 4.78 is 41.5. The maximum atomic E-state index is 14.6. The minimum absolute atomic E-state index is 0.00256. The number of aromatic nitrogens is 1. The van der Waals surface area contributed by atoms with E-state index in [1.54, 1.807) is 6.07 Å². The first-order valence-corrected chi connectivity index (χ1v) is 10.7. The molecule has 1 aromatic carbocycles. The van der Waals surface area contributed by atoms with E-state index in [0.717, 1.165) is 30.4 Å². The van der Waals surface area contributed by atoms with E-state index in [9.17, 15) is 13.2 Å². The van der Waals surface area contributed by atoms with Crippen LogP contribution in [0.15, 0.2) is 30.3 Å². The van der Waals surface area contributed by atoms with Gasteiger partial charge in [-0.1, -0.05) is 57.6 Å². The Balaban J connectivity index is 1.56. The van der Waals surface area contributed by atoms with Gasteiger partial charge in [0, 0.05) is 11.1 Å². The minimum Gasteiger partial charge on any atom is -0.206 e. The summed E-state index contributed by atoms with van der Waals surface area (Å²) in [6, 6.07) is 7.30. The number of pyridine rings is 1. The number of benzene rings is 1. The molecule has 1 nitrogen and oxygen atoms in total. The summed E-state index contributed by atoms with van der Waals surface area (Å²) >= 11 is 0. The molecule has 3 rings (SSSR count). The topological polar surface area (TPSA) is 12.9 Å². The number of hydrogen-bond donors (Lipinski definition) is 0. The minimum atomic E-state index is -0.980. The van der Waals surface area contributed by atoms with Crippen LogP contribution in [-0.4, -0.2) is 4.98 Å². The van der Waals surface area contributed by atoms with Crippen molar-refractivity contribution in [2.75, 3.05) is 0 Å². The van der Waals surface area contributed by atoms with Crippen LogP contribution in [0.1, 0.15) is 82.6 Å². The second-order valence-electron chi connectivity index (χ2n) is 8.13. The van der Waals surface area contributed by atoms with E-state index >= 15 is 0 Å². The van der Waals surface area contributed by atoms with Gasteiger partial charge in [0.15, 0.2) is 0 Å². The van der Waals surface area contributed by atoms with E-state index in [-0.39, 0.29) is 11.1 Å². The smallest absolute Gasteiger partial charge is 0.206 e. The number of unbranched alkanes of at least 4 members (excludes halogenated alkanes) is 4. The molecule has 0 amide bonds. The molecule has 28 heavy (non-hydrogen) atoms. The molecular weight excluding hydrogens is 359 g/mol. The average Bonchev–Trinajstić information content (AvgIpc) is 2.69. The summed E-state index contributed by atoms with van der Waals surface area (Å²) in [6.07, 6.45) is 12.6. The molecule has 2 aromatic rings. The van der Waals surface area contributed by atoms with E-state index in [0.29, 0.717) is 5.92 Å². The Morgan fingerprint density at radius 1 is 0.857 bits per heavy atom. The highest BCUT2D eigenvalue weighted by Gasteiger charge is 2.23. The van der Waals surface area contributed by atoms with E-state index in [1.807, 2.05) is 6.07 Å². The number of rotatable bonds is 8. The molecule has 4 heteroatoms. The van der Waals surface area contributed by atoms with Gasteiger partial charge in [0.25, 0.3) is 0 Å². The molecule has 0 spiro atoms. The standard InChI is InChI=1S/C24H30F3N/c1-2-3-4-5-6-7-17-8-10-18(11-9-17)19-12-13-20(22(25)16-19)21-14-15-23(26)28-24(21)27/h12-18H,2-11H2,1H3. The molecule has 0 N–H and O–H groups in total. The zero-order valence-electron chi connectivity index (χ0n) is 16.7. The van der Waals surface area contributed by atoms with Crippen LogP contribution >= 0.6 is 0 Å². The largest absolute Gasteiger partial charge is 0.223 e. The Hall–Kier alpha value is -1.84. The summed E-state index contributed by atoms with van der Waals surface area (Å²) in [5, 5.41) is 0. The van der Waals surface area contributed by atoms with Crippen molar-refractivity contribution in [1.82, 2.24) is 4.98 Å². The molecule has 1 saturated carbocycles. The van der Waals surface area contributed by atoms with Crippen molar-refractivity contribution in [3.8, 4) is 11.1 Å². The van der Waals surface area contributed by atoms with E-state index in [2.05, 4.69) is 11.9 Å². The Bertz CT molecular complexity index is 766. The summed E-state index contributed by atoms with van der Waals surface area (Å²) in [7, 11) is 0. The van der Waals surface area contributed by atoms with Crippen molar-refractivity contribution in [2.24, 2.45) is 5.92 Å². The second kappa shape index (κ2) is 10.1. The number of nitrogens with zero attached hydrogens (tertiary/aromatic N) is 1. The molecular formula is C24H30F3N. The fraction of sp³-hybridized carbons (Fsp3) is 0.542. The molecule has 1 fully saturated rings. The van der Waals surface area contributed by atoms with Crippen LogP contribution in [-0.2, 0) is 0 Å². The molecule has 1 heterocycles. The van der Waals surface area contributed by atoms with Crippen molar-refractivity contribution in [1.29, 1.82) is 0 Å². The van der Waals surface area contributed by atoms with Crippen LogP contribution < -0.4 is 0 Å². The quantitative estimate of drug-likeness (QED) is 0.331. The van der Waals surface area contributed by atoms with Gasteiger partial charge < -0.3 is 0 Å². The molecule has 0 bridgehead atoms. The van der Waals surface area contributed by atoms with Gasteiger partial charge in [-0.15, -0.1) is 0 Å². The van der Waals surface area contributed by atoms with Crippen molar-refractivity contribution >= 4 is 0 Å². The lowest BCUT2D eigenvalue weighted by Crippen LogP contribution is -2.13. The fourth-order valence-corrected chi connectivity index (χ4v) is 4.44. The monoisotopic (exact) mass is 389 g/mol. The summed E-state index contributed by atoms with van der Waals surface area (Å²) in [6.45, 7) is 2.24. The summed E-state index contributed by atoms with van der Waals surface area (Å²) in [5.41, 5.74) is 1.12. The molecule has 0 aliphatic heterocycles. The van der Waals surface area contributed by atoms with Crippen LogP contribution in [0.3, 0.4) is 0 Å². The average molecular weight is 390 g/mol. The third-order valence-electron chi connectivity index (χ3n) is 6.13. The van der Waals surface area contributed by atoms with Crippen molar-refractivity contribution < 1.29 is 13.2 Å². The fourth-order valence-electron chi connectivity index (χ4n) is 4.44. The molecule has 0 saturated heterocycles. The van der Waals surface area contributed by atoms with E-state index in [4.69, 9.17) is 0 Å². The van der Waals surface area contributed by atoms with Gasteiger partial charge in [-0.2, -0.15) is 13.8 Å². The highest BCUT2D eigenvalue weighted by Crippen LogP contribution is 2.39.